The van der Waals surface area contributed by atoms with Crippen molar-refractivity contribution in [2.24, 2.45) is 0 Å². The average Bonchev–Trinajstić information content (AvgIpc) is 2.85. The topological polar surface area (TPSA) is 55.6 Å². The third kappa shape index (κ3) is 3.55. The minimum Gasteiger partial charge on any atom is -0.301 e. The largest absolute Gasteiger partial charge is 0.301 e. The van der Waals surface area contributed by atoms with Gasteiger partial charge < -0.3 is 5.32 Å². The highest BCUT2D eigenvalue weighted by Crippen LogP contribution is 2.22. The van der Waals surface area contributed by atoms with E-state index in [0.29, 0.717) is 6.54 Å². The second-order valence-electron chi connectivity index (χ2n) is 5.30. The van der Waals surface area contributed by atoms with Crippen molar-refractivity contribution >= 4 is 11.6 Å². The number of aryl methyl sites for hydroxylation is 1. The van der Waals surface area contributed by atoms with E-state index in [1.165, 1.54) is 5.56 Å². The van der Waals surface area contributed by atoms with E-state index in [2.05, 4.69) is 41.6 Å². The van der Waals surface area contributed by atoms with Gasteiger partial charge in [-0.2, -0.15) is 0 Å². The van der Waals surface area contributed by atoms with E-state index in [1.807, 2.05) is 28.9 Å². The summed E-state index contributed by atoms with van der Waals surface area (Å²) in [4.78, 5) is 0. The van der Waals surface area contributed by atoms with Crippen molar-refractivity contribution in [1.29, 1.82) is 0 Å². The summed E-state index contributed by atoms with van der Waals surface area (Å²) < 4.78 is 1.84. The van der Waals surface area contributed by atoms with Gasteiger partial charge in [0.1, 0.15) is 0 Å². The summed E-state index contributed by atoms with van der Waals surface area (Å²) in [5, 5.41) is 16.0. The van der Waals surface area contributed by atoms with Crippen LogP contribution in [0, 0.1) is 0 Å². The molecule has 20 heavy (non-hydrogen) atoms. The third-order valence-corrected chi connectivity index (χ3v) is 3.55. The molecule has 1 heterocycles. The van der Waals surface area contributed by atoms with Crippen LogP contribution in [0.15, 0.2) is 24.3 Å². The zero-order valence-corrected chi connectivity index (χ0v) is 12.9. The molecule has 1 N–H and O–H groups in total. The van der Waals surface area contributed by atoms with Gasteiger partial charge in [-0.15, -0.1) is 5.10 Å². The van der Waals surface area contributed by atoms with Gasteiger partial charge >= 0.3 is 0 Å². The van der Waals surface area contributed by atoms with Crippen LogP contribution in [0.25, 0.3) is 0 Å². The molecule has 1 aromatic carbocycles. The van der Waals surface area contributed by atoms with Gasteiger partial charge in [-0.25, -0.2) is 4.68 Å². The van der Waals surface area contributed by atoms with E-state index in [4.69, 9.17) is 11.6 Å². The predicted molar refractivity (Wildman–Crippen MR) is 79.4 cm³/mol. The van der Waals surface area contributed by atoms with Crippen molar-refractivity contribution in [3.8, 4) is 0 Å². The first-order valence-corrected chi connectivity index (χ1v) is 7.17. The normalized spacial score (nSPS) is 11.8. The van der Waals surface area contributed by atoms with Gasteiger partial charge in [0, 0.05) is 17.1 Å². The molecule has 6 heteroatoms. The molecule has 2 aromatic rings. The molecule has 0 amide bonds. The molecule has 108 valence electrons. The van der Waals surface area contributed by atoms with Crippen molar-refractivity contribution in [3.05, 3.63) is 40.7 Å². The Morgan fingerprint density at radius 1 is 1.25 bits per heavy atom. The summed E-state index contributed by atoms with van der Waals surface area (Å²) in [6.45, 7) is 7.83. The molecule has 0 atom stereocenters. The first-order chi connectivity index (χ1) is 9.53. The van der Waals surface area contributed by atoms with E-state index in [1.54, 1.807) is 0 Å². The monoisotopic (exact) mass is 293 g/mol. The number of halogens is 1. The molecule has 0 aliphatic carbocycles. The fourth-order valence-electron chi connectivity index (χ4n) is 2.00. The van der Waals surface area contributed by atoms with E-state index >= 15 is 0 Å². The van der Waals surface area contributed by atoms with E-state index in [-0.39, 0.29) is 5.54 Å². The van der Waals surface area contributed by atoms with Crippen LogP contribution in [0.2, 0.25) is 5.02 Å². The standard InChI is InChI=1S/C14H20ClN5/c1-4-9-20-13(17-18-19-20)10-16-14(2,3)11-5-7-12(15)8-6-11/h5-8,16H,4,9-10H2,1-3H3. The van der Waals surface area contributed by atoms with Gasteiger partial charge in [-0.3, -0.25) is 0 Å². The van der Waals surface area contributed by atoms with Crippen molar-refractivity contribution < 1.29 is 0 Å². The number of tetrazole rings is 1. The van der Waals surface area contributed by atoms with Gasteiger partial charge in [0.2, 0.25) is 0 Å². The van der Waals surface area contributed by atoms with Crippen molar-refractivity contribution in [2.75, 3.05) is 0 Å². The molecular weight excluding hydrogens is 274 g/mol. The number of nitrogens with one attached hydrogen (secondary N) is 1. The van der Waals surface area contributed by atoms with Crippen LogP contribution >= 0.6 is 11.6 Å². The molecule has 0 saturated heterocycles. The lowest BCUT2D eigenvalue weighted by atomic mass is 9.94. The Morgan fingerprint density at radius 2 is 1.95 bits per heavy atom. The molecular formula is C14H20ClN5. The Bertz CT molecular complexity index is 547. The SMILES string of the molecule is CCCn1nnnc1CNC(C)(C)c1ccc(Cl)cc1. The molecule has 0 bridgehead atoms. The molecule has 0 fully saturated rings. The highest BCUT2D eigenvalue weighted by molar-refractivity contribution is 6.30. The van der Waals surface area contributed by atoms with Gasteiger partial charge in [-0.05, 0) is 48.4 Å². The number of benzene rings is 1. The predicted octanol–water partition coefficient (Wildman–Crippen LogP) is 2.76. The Kier molecular flexibility index (Phi) is 4.73. The maximum absolute atomic E-state index is 5.93. The molecule has 0 saturated carbocycles. The minimum absolute atomic E-state index is 0.173. The van der Waals surface area contributed by atoms with Crippen molar-refractivity contribution in [3.63, 3.8) is 0 Å². The minimum atomic E-state index is -0.173. The van der Waals surface area contributed by atoms with Crippen molar-refractivity contribution in [1.82, 2.24) is 25.5 Å². The second kappa shape index (κ2) is 6.33. The van der Waals surface area contributed by atoms with E-state index in [0.717, 1.165) is 23.8 Å². The number of aromatic nitrogens is 4. The van der Waals surface area contributed by atoms with Crippen LogP contribution in [-0.4, -0.2) is 20.2 Å². The van der Waals surface area contributed by atoms with Crippen LogP contribution < -0.4 is 5.32 Å². The summed E-state index contributed by atoms with van der Waals surface area (Å²) in [5.41, 5.74) is 1.00. The lowest BCUT2D eigenvalue weighted by Gasteiger charge is -2.26. The zero-order valence-electron chi connectivity index (χ0n) is 12.1. The van der Waals surface area contributed by atoms with Crippen molar-refractivity contribution in [2.45, 2.75) is 45.8 Å². The lowest BCUT2D eigenvalue weighted by molar-refractivity contribution is 0.386. The summed E-state index contributed by atoms with van der Waals surface area (Å²) in [5.74, 6) is 0.855. The van der Waals surface area contributed by atoms with E-state index in [9.17, 15) is 0 Å². The highest BCUT2D eigenvalue weighted by atomic mass is 35.5. The smallest absolute Gasteiger partial charge is 0.165 e. The molecule has 0 radical (unpaired) electrons. The van der Waals surface area contributed by atoms with Crippen LogP contribution in [0.1, 0.15) is 38.6 Å². The Morgan fingerprint density at radius 3 is 2.60 bits per heavy atom. The Balaban J connectivity index is 2.05. The van der Waals surface area contributed by atoms with Crippen LogP contribution in [0.5, 0.6) is 0 Å². The molecule has 0 spiro atoms. The highest BCUT2D eigenvalue weighted by Gasteiger charge is 2.20. The second-order valence-corrected chi connectivity index (χ2v) is 5.74. The number of nitrogens with zero attached hydrogens (tertiary/aromatic N) is 4. The van der Waals surface area contributed by atoms with Crippen LogP contribution in [0.4, 0.5) is 0 Å². The zero-order chi connectivity index (χ0) is 14.6. The number of rotatable bonds is 6. The molecule has 5 nitrogen and oxygen atoms in total. The fraction of sp³-hybridized carbons (Fsp3) is 0.500. The van der Waals surface area contributed by atoms with Gasteiger partial charge in [0.15, 0.2) is 5.82 Å². The number of hydrogen-bond donors (Lipinski definition) is 1. The number of hydrogen-bond acceptors (Lipinski definition) is 4. The van der Waals surface area contributed by atoms with Crippen LogP contribution in [-0.2, 0) is 18.6 Å². The molecule has 0 unspecified atom stereocenters. The van der Waals surface area contributed by atoms with E-state index < -0.39 is 0 Å². The fourth-order valence-corrected chi connectivity index (χ4v) is 2.13. The summed E-state index contributed by atoms with van der Waals surface area (Å²) >= 11 is 5.93. The average molecular weight is 294 g/mol. The van der Waals surface area contributed by atoms with Gasteiger partial charge in [0.05, 0.1) is 6.54 Å². The Hall–Kier alpha value is -1.46. The first-order valence-electron chi connectivity index (χ1n) is 6.79. The van der Waals surface area contributed by atoms with Gasteiger partial charge in [0.25, 0.3) is 0 Å². The van der Waals surface area contributed by atoms with Crippen LogP contribution in [0.3, 0.4) is 0 Å². The summed E-state index contributed by atoms with van der Waals surface area (Å²) in [6.07, 6.45) is 1.01. The first kappa shape index (κ1) is 14.9. The molecule has 0 aliphatic heterocycles. The molecule has 2 rings (SSSR count). The lowest BCUT2D eigenvalue weighted by Crippen LogP contribution is -2.36. The summed E-state index contributed by atoms with van der Waals surface area (Å²) in [7, 11) is 0. The molecule has 0 aliphatic rings. The molecule has 1 aromatic heterocycles. The maximum atomic E-state index is 5.93. The Labute approximate surface area is 124 Å². The maximum Gasteiger partial charge on any atom is 0.165 e. The van der Waals surface area contributed by atoms with Gasteiger partial charge in [-0.1, -0.05) is 30.7 Å². The quantitative estimate of drug-likeness (QED) is 0.890. The third-order valence-electron chi connectivity index (χ3n) is 3.30. The summed E-state index contributed by atoms with van der Waals surface area (Å²) in [6, 6.07) is 7.87.